The monoisotopic (exact) mass is 305 g/mol. The number of amides is 2. The summed E-state index contributed by atoms with van der Waals surface area (Å²) in [6.07, 6.45) is 0.499. The Hall–Kier alpha value is -2.41. The van der Waals surface area contributed by atoms with E-state index in [2.05, 4.69) is 15.6 Å². The first-order valence-corrected chi connectivity index (χ1v) is 7.22. The van der Waals surface area contributed by atoms with Gasteiger partial charge in [0.2, 0.25) is 0 Å². The lowest BCUT2D eigenvalue weighted by Crippen LogP contribution is -2.30. The van der Waals surface area contributed by atoms with Gasteiger partial charge in [-0.1, -0.05) is 17.7 Å². The van der Waals surface area contributed by atoms with Crippen LogP contribution >= 0.6 is 11.3 Å². The van der Waals surface area contributed by atoms with Crippen LogP contribution < -0.4 is 10.6 Å². The van der Waals surface area contributed by atoms with Crippen LogP contribution in [0.3, 0.4) is 0 Å². The van der Waals surface area contributed by atoms with E-state index in [0.717, 1.165) is 11.3 Å². The number of carbonyl (C=O) groups is 2. The number of aromatic nitrogens is 1. The van der Waals surface area contributed by atoms with E-state index in [-0.39, 0.29) is 11.7 Å². The molecule has 3 N–H and O–H groups in total. The number of nitrogens with one attached hydrogen (secondary N) is 2. The third-order valence-corrected chi connectivity index (χ3v) is 3.61. The Labute approximate surface area is 125 Å². The number of carboxylic acid groups (broad SMARTS) is 1. The van der Waals surface area contributed by atoms with Gasteiger partial charge >= 0.3 is 12.0 Å². The summed E-state index contributed by atoms with van der Waals surface area (Å²) in [5, 5.41) is 16.4. The van der Waals surface area contributed by atoms with Gasteiger partial charge in [0.1, 0.15) is 0 Å². The molecule has 1 aromatic carbocycles. The van der Waals surface area contributed by atoms with Gasteiger partial charge in [-0.2, -0.15) is 0 Å². The van der Waals surface area contributed by atoms with Gasteiger partial charge in [0.25, 0.3) is 0 Å². The SMILES string of the molecule is Cc1ccc(NC(=O)NCCc2nc(C(=O)O)cs2)cc1. The van der Waals surface area contributed by atoms with Crippen LogP contribution in [-0.4, -0.2) is 28.6 Å². The van der Waals surface area contributed by atoms with E-state index >= 15 is 0 Å². The maximum atomic E-state index is 11.7. The molecular formula is C14H15N3O3S. The molecule has 7 heteroatoms. The lowest BCUT2D eigenvalue weighted by atomic mass is 10.2. The van der Waals surface area contributed by atoms with Crippen molar-refractivity contribution in [2.45, 2.75) is 13.3 Å². The van der Waals surface area contributed by atoms with Gasteiger partial charge in [-0.25, -0.2) is 14.6 Å². The number of hydrogen-bond donors (Lipinski definition) is 3. The highest BCUT2D eigenvalue weighted by Crippen LogP contribution is 2.10. The largest absolute Gasteiger partial charge is 0.476 e. The molecule has 0 saturated heterocycles. The van der Waals surface area contributed by atoms with Crippen LogP contribution in [0, 0.1) is 6.92 Å². The summed E-state index contributed by atoms with van der Waals surface area (Å²) in [5.41, 5.74) is 1.89. The number of benzene rings is 1. The summed E-state index contributed by atoms with van der Waals surface area (Å²) >= 11 is 1.27. The van der Waals surface area contributed by atoms with Crippen molar-refractivity contribution in [2.75, 3.05) is 11.9 Å². The number of anilines is 1. The Morgan fingerprint density at radius 1 is 1.29 bits per heavy atom. The third kappa shape index (κ3) is 4.57. The number of hydrogen-bond acceptors (Lipinski definition) is 4. The van der Waals surface area contributed by atoms with E-state index in [9.17, 15) is 9.59 Å². The molecule has 0 unspecified atom stereocenters. The molecule has 6 nitrogen and oxygen atoms in total. The van der Waals surface area contributed by atoms with Gasteiger partial charge in [0, 0.05) is 24.0 Å². The molecule has 0 bridgehead atoms. The fraction of sp³-hybridized carbons (Fsp3) is 0.214. The van der Waals surface area contributed by atoms with Crippen LogP contribution in [0.25, 0.3) is 0 Å². The van der Waals surface area contributed by atoms with Crippen molar-refractivity contribution in [3.63, 3.8) is 0 Å². The van der Waals surface area contributed by atoms with E-state index in [0.29, 0.717) is 18.0 Å². The maximum Gasteiger partial charge on any atom is 0.355 e. The van der Waals surface area contributed by atoms with Gasteiger partial charge in [0.15, 0.2) is 5.69 Å². The zero-order valence-electron chi connectivity index (χ0n) is 11.4. The van der Waals surface area contributed by atoms with Crippen LogP contribution in [0.1, 0.15) is 21.1 Å². The molecule has 0 atom stereocenters. The van der Waals surface area contributed by atoms with E-state index in [4.69, 9.17) is 5.11 Å². The van der Waals surface area contributed by atoms with Crippen LogP contribution in [0.5, 0.6) is 0 Å². The van der Waals surface area contributed by atoms with Gasteiger partial charge in [-0.05, 0) is 19.1 Å². The number of urea groups is 1. The first-order valence-electron chi connectivity index (χ1n) is 6.34. The Balaban J connectivity index is 1.76. The molecule has 0 aliphatic carbocycles. The molecule has 0 fully saturated rings. The van der Waals surface area contributed by atoms with Gasteiger partial charge in [-0.15, -0.1) is 11.3 Å². The Kier molecular flexibility index (Phi) is 4.89. The number of aryl methyl sites for hydroxylation is 1. The minimum absolute atomic E-state index is 0.0408. The second kappa shape index (κ2) is 6.85. The lowest BCUT2D eigenvalue weighted by Gasteiger charge is -2.07. The van der Waals surface area contributed by atoms with Gasteiger partial charge in [0.05, 0.1) is 5.01 Å². The average molecular weight is 305 g/mol. The summed E-state index contributed by atoms with van der Waals surface area (Å²) in [6, 6.07) is 7.19. The van der Waals surface area contributed by atoms with Crippen molar-refractivity contribution < 1.29 is 14.7 Å². The summed E-state index contributed by atoms with van der Waals surface area (Å²) < 4.78 is 0. The molecule has 0 aliphatic rings. The van der Waals surface area contributed by atoms with E-state index < -0.39 is 5.97 Å². The Bertz CT molecular complexity index is 637. The molecule has 0 saturated carbocycles. The molecule has 110 valence electrons. The van der Waals surface area contributed by atoms with Crippen molar-refractivity contribution in [1.29, 1.82) is 0 Å². The second-order valence-corrected chi connectivity index (χ2v) is 5.37. The summed E-state index contributed by atoms with van der Waals surface area (Å²) in [5.74, 6) is -1.04. The zero-order valence-corrected chi connectivity index (χ0v) is 12.2. The fourth-order valence-electron chi connectivity index (χ4n) is 1.62. The average Bonchev–Trinajstić information content (AvgIpc) is 2.90. The molecule has 2 rings (SSSR count). The van der Waals surface area contributed by atoms with Crippen LogP contribution in [0.4, 0.5) is 10.5 Å². The molecule has 21 heavy (non-hydrogen) atoms. The van der Waals surface area contributed by atoms with Crippen molar-refractivity contribution in [3.8, 4) is 0 Å². The molecule has 0 spiro atoms. The van der Waals surface area contributed by atoms with Crippen molar-refractivity contribution in [1.82, 2.24) is 10.3 Å². The smallest absolute Gasteiger partial charge is 0.355 e. The topological polar surface area (TPSA) is 91.3 Å². The fourth-order valence-corrected chi connectivity index (χ4v) is 2.39. The van der Waals surface area contributed by atoms with E-state index in [1.807, 2.05) is 31.2 Å². The van der Waals surface area contributed by atoms with Crippen molar-refractivity contribution in [3.05, 3.63) is 45.9 Å². The summed E-state index contributed by atoms with van der Waals surface area (Å²) in [4.78, 5) is 26.3. The van der Waals surface area contributed by atoms with E-state index in [1.165, 1.54) is 16.7 Å². The van der Waals surface area contributed by atoms with Crippen LogP contribution in [0.2, 0.25) is 0 Å². The predicted molar refractivity (Wildman–Crippen MR) is 81.0 cm³/mol. The molecule has 2 amide bonds. The molecule has 1 heterocycles. The van der Waals surface area contributed by atoms with Gasteiger partial charge < -0.3 is 15.7 Å². The first kappa shape index (κ1) is 15.0. The highest BCUT2D eigenvalue weighted by molar-refractivity contribution is 7.09. The second-order valence-electron chi connectivity index (χ2n) is 4.43. The summed E-state index contributed by atoms with van der Waals surface area (Å²) in [6.45, 7) is 2.37. The molecular weight excluding hydrogens is 290 g/mol. The summed E-state index contributed by atoms with van der Waals surface area (Å²) in [7, 11) is 0. The number of carboxylic acids is 1. The van der Waals surface area contributed by atoms with E-state index in [1.54, 1.807) is 0 Å². The number of carbonyl (C=O) groups excluding carboxylic acids is 1. The highest BCUT2D eigenvalue weighted by atomic mass is 32.1. The highest BCUT2D eigenvalue weighted by Gasteiger charge is 2.08. The number of nitrogens with zero attached hydrogens (tertiary/aromatic N) is 1. The molecule has 2 aromatic rings. The van der Waals surface area contributed by atoms with Crippen LogP contribution in [-0.2, 0) is 6.42 Å². The zero-order chi connectivity index (χ0) is 15.2. The standard InChI is InChI=1S/C14H15N3O3S/c1-9-2-4-10(5-3-9)16-14(20)15-7-6-12-17-11(8-21-12)13(18)19/h2-5,8H,6-7H2,1H3,(H,18,19)(H2,15,16,20). The molecule has 1 aromatic heterocycles. The number of aromatic carboxylic acids is 1. The quantitative estimate of drug-likeness (QED) is 0.791. The lowest BCUT2D eigenvalue weighted by molar-refractivity contribution is 0.0691. The maximum absolute atomic E-state index is 11.7. The molecule has 0 aliphatic heterocycles. The Morgan fingerprint density at radius 3 is 2.62 bits per heavy atom. The number of rotatable bonds is 5. The Morgan fingerprint density at radius 2 is 2.00 bits per heavy atom. The van der Waals surface area contributed by atoms with Gasteiger partial charge in [-0.3, -0.25) is 0 Å². The predicted octanol–water partition coefficient (Wildman–Crippen LogP) is 2.51. The van der Waals surface area contributed by atoms with Crippen LogP contribution in [0.15, 0.2) is 29.6 Å². The van der Waals surface area contributed by atoms with Crippen molar-refractivity contribution >= 4 is 29.0 Å². The number of thiazole rings is 1. The third-order valence-electron chi connectivity index (χ3n) is 2.70. The minimum atomic E-state index is -1.04. The first-order chi connectivity index (χ1) is 10.0. The molecule has 0 radical (unpaired) electrons. The van der Waals surface area contributed by atoms with Crippen molar-refractivity contribution in [2.24, 2.45) is 0 Å². The normalized spacial score (nSPS) is 10.1. The minimum Gasteiger partial charge on any atom is -0.476 e.